The number of Topliss-reactive ketones (excluding diaryl/α,β-unsaturated/α-hetero) is 3. The van der Waals surface area contributed by atoms with Crippen LogP contribution >= 0.6 is 0 Å². The summed E-state index contributed by atoms with van der Waals surface area (Å²) in [6.45, 7) is 0. The number of rotatable bonds is 1. The number of hydrogen-bond donors (Lipinski definition) is 1. The van der Waals surface area contributed by atoms with Crippen molar-refractivity contribution in [3.05, 3.63) is 0 Å². The summed E-state index contributed by atoms with van der Waals surface area (Å²) >= 11 is 0. The summed E-state index contributed by atoms with van der Waals surface area (Å²) in [5.74, 6) is -2.13. The highest BCUT2D eigenvalue weighted by atomic mass is 16.2. The lowest BCUT2D eigenvalue weighted by Crippen LogP contribution is -2.60. The van der Waals surface area contributed by atoms with Crippen LogP contribution in [-0.2, 0) is 14.4 Å². The van der Waals surface area contributed by atoms with Crippen LogP contribution < -0.4 is 5.32 Å². The van der Waals surface area contributed by atoms with Crippen molar-refractivity contribution in [3.63, 3.8) is 0 Å². The molecule has 1 aliphatic rings. The third-order valence-electron chi connectivity index (χ3n) is 1.26. The molecular formula is C5H5NO3. The highest BCUT2D eigenvalue weighted by molar-refractivity contribution is 6.78. The smallest absolute Gasteiger partial charge is 0.268 e. The highest BCUT2D eigenvalue weighted by Gasteiger charge is 2.46. The van der Waals surface area contributed by atoms with Crippen molar-refractivity contribution >= 4 is 17.3 Å². The fourth-order valence-corrected chi connectivity index (χ4v) is 0.687. The van der Waals surface area contributed by atoms with Gasteiger partial charge in [-0.15, -0.1) is 0 Å². The maximum atomic E-state index is 10.4. The van der Waals surface area contributed by atoms with E-state index in [4.69, 9.17) is 0 Å². The van der Waals surface area contributed by atoms with E-state index in [1.165, 1.54) is 7.05 Å². The van der Waals surface area contributed by atoms with E-state index in [0.29, 0.717) is 0 Å². The van der Waals surface area contributed by atoms with E-state index in [1.54, 1.807) is 0 Å². The van der Waals surface area contributed by atoms with Gasteiger partial charge in [0.25, 0.3) is 5.78 Å². The van der Waals surface area contributed by atoms with Gasteiger partial charge < -0.3 is 5.32 Å². The Morgan fingerprint density at radius 1 is 1.22 bits per heavy atom. The Morgan fingerprint density at radius 2 is 1.67 bits per heavy atom. The topological polar surface area (TPSA) is 63.2 Å². The first kappa shape index (κ1) is 6.10. The normalized spacial score (nSPS) is 20.3. The van der Waals surface area contributed by atoms with Gasteiger partial charge in [-0.05, 0) is 7.05 Å². The van der Waals surface area contributed by atoms with Crippen molar-refractivity contribution < 1.29 is 14.4 Å². The summed E-state index contributed by atoms with van der Waals surface area (Å²) in [6, 6.07) is -0.850. The summed E-state index contributed by atoms with van der Waals surface area (Å²) in [5, 5.41) is 2.41. The molecule has 0 amide bonds. The standard InChI is InChI=1S/C5H5NO3/c1-6-2-3(7)5(9)4(2)8/h2,6H,1H3. The van der Waals surface area contributed by atoms with Crippen LogP contribution in [0.4, 0.5) is 0 Å². The molecule has 0 bridgehead atoms. The quantitative estimate of drug-likeness (QED) is 0.336. The first-order chi connectivity index (χ1) is 4.18. The zero-order valence-corrected chi connectivity index (χ0v) is 4.80. The molecule has 1 aliphatic carbocycles. The van der Waals surface area contributed by atoms with Crippen LogP contribution in [0, 0.1) is 0 Å². The van der Waals surface area contributed by atoms with Crippen molar-refractivity contribution in [2.24, 2.45) is 0 Å². The van der Waals surface area contributed by atoms with Gasteiger partial charge in [0.05, 0.1) is 0 Å². The van der Waals surface area contributed by atoms with Crippen molar-refractivity contribution in [1.29, 1.82) is 0 Å². The molecule has 0 aromatic carbocycles. The Labute approximate surface area is 51.2 Å². The van der Waals surface area contributed by atoms with Crippen molar-refractivity contribution in [1.82, 2.24) is 5.32 Å². The lowest BCUT2D eigenvalue weighted by molar-refractivity contribution is -0.153. The Balaban J connectivity index is 2.73. The number of carbonyl (C=O) groups excluding carboxylic acids is 3. The number of likely N-dealkylation sites (N-methyl/N-ethyl adjacent to an activating group) is 1. The first-order valence-corrected chi connectivity index (χ1v) is 2.48. The molecule has 1 saturated carbocycles. The molecule has 0 heterocycles. The molecule has 9 heavy (non-hydrogen) atoms. The van der Waals surface area contributed by atoms with Crippen LogP contribution in [0.1, 0.15) is 0 Å². The second-order valence-corrected chi connectivity index (χ2v) is 1.78. The summed E-state index contributed by atoms with van der Waals surface area (Å²) in [5.41, 5.74) is 0. The van der Waals surface area contributed by atoms with Crippen molar-refractivity contribution in [2.75, 3.05) is 7.05 Å². The van der Waals surface area contributed by atoms with Gasteiger partial charge in [0, 0.05) is 0 Å². The lowest BCUT2D eigenvalue weighted by Gasteiger charge is -2.18. The summed E-state index contributed by atoms with van der Waals surface area (Å²) in [6.07, 6.45) is 0. The average molecular weight is 127 g/mol. The summed E-state index contributed by atoms with van der Waals surface area (Å²) in [4.78, 5) is 30.9. The van der Waals surface area contributed by atoms with Crippen LogP contribution in [0.15, 0.2) is 0 Å². The number of nitrogens with one attached hydrogen (secondary N) is 1. The monoisotopic (exact) mass is 127 g/mol. The molecule has 0 spiro atoms. The molecule has 0 aromatic heterocycles. The van der Waals surface area contributed by atoms with Crippen LogP contribution in [0.5, 0.6) is 0 Å². The van der Waals surface area contributed by atoms with E-state index >= 15 is 0 Å². The molecule has 1 fully saturated rings. The highest BCUT2D eigenvalue weighted by Crippen LogP contribution is 2.03. The van der Waals surface area contributed by atoms with Crippen LogP contribution in [-0.4, -0.2) is 30.4 Å². The Bertz CT molecular complexity index is 178. The first-order valence-electron chi connectivity index (χ1n) is 2.48. The molecule has 0 atom stereocenters. The number of ketones is 3. The van der Waals surface area contributed by atoms with Gasteiger partial charge >= 0.3 is 0 Å². The van der Waals surface area contributed by atoms with Gasteiger partial charge in [0.15, 0.2) is 0 Å². The zero-order valence-electron chi connectivity index (χ0n) is 4.80. The SMILES string of the molecule is CNC1C(=O)C(=O)C1=O. The molecule has 1 rings (SSSR count). The molecule has 0 saturated heterocycles. The predicted molar refractivity (Wildman–Crippen MR) is 27.9 cm³/mol. The number of hydrogen-bond acceptors (Lipinski definition) is 4. The molecule has 1 N–H and O–H groups in total. The van der Waals surface area contributed by atoms with Gasteiger partial charge in [-0.3, -0.25) is 14.4 Å². The van der Waals surface area contributed by atoms with Gasteiger partial charge in [0.2, 0.25) is 11.6 Å². The van der Waals surface area contributed by atoms with Crippen LogP contribution in [0.25, 0.3) is 0 Å². The number of carbonyl (C=O) groups is 3. The predicted octanol–water partition coefficient (Wildman–Crippen LogP) is -1.70. The van der Waals surface area contributed by atoms with Gasteiger partial charge in [-0.1, -0.05) is 0 Å². The third kappa shape index (κ3) is 0.598. The van der Waals surface area contributed by atoms with Crippen LogP contribution in [0.2, 0.25) is 0 Å². The molecular weight excluding hydrogens is 122 g/mol. The minimum Gasteiger partial charge on any atom is -0.304 e. The lowest BCUT2D eigenvalue weighted by atomic mass is 9.88. The van der Waals surface area contributed by atoms with E-state index in [2.05, 4.69) is 5.32 Å². The second kappa shape index (κ2) is 1.73. The maximum Gasteiger partial charge on any atom is 0.268 e. The van der Waals surface area contributed by atoms with Crippen molar-refractivity contribution in [2.45, 2.75) is 6.04 Å². The molecule has 4 nitrogen and oxygen atoms in total. The van der Waals surface area contributed by atoms with E-state index < -0.39 is 23.4 Å². The van der Waals surface area contributed by atoms with Crippen molar-refractivity contribution in [3.8, 4) is 0 Å². The van der Waals surface area contributed by atoms with E-state index in [-0.39, 0.29) is 0 Å². The van der Waals surface area contributed by atoms with E-state index in [1.807, 2.05) is 0 Å². The minimum atomic E-state index is -0.880. The van der Waals surface area contributed by atoms with E-state index in [0.717, 1.165) is 0 Å². The molecule has 0 aromatic rings. The third-order valence-corrected chi connectivity index (χ3v) is 1.26. The maximum absolute atomic E-state index is 10.4. The second-order valence-electron chi connectivity index (χ2n) is 1.78. The fraction of sp³-hybridized carbons (Fsp3) is 0.400. The van der Waals surface area contributed by atoms with Gasteiger partial charge in [-0.25, -0.2) is 0 Å². The Kier molecular flexibility index (Phi) is 1.17. The average Bonchev–Trinajstić information content (AvgIpc) is 1.89. The Hall–Kier alpha value is -1.03. The fourth-order valence-electron chi connectivity index (χ4n) is 0.687. The molecule has 0 unspecified atom stereocenters. The largest absolute Gasteiger partial charge is 0.304 e. The molecule has 0 aliphatic heterocycles. The molecule has 4 heteroatoms. The van der Waals surface area contributed by atoms with E-state index in [9.17, 15) is 14.4 Å². The zero-order chi connectivity index (χ0) is 7.02. The molecule has 48 valence electrons. The van der Waals surface area contributed by atoms with Gasteiger partial charge in [0.1, 0.15) is 6.04 Å². The summed E-state index contributed by atoms with van der Waals surface area (Å²) in [7, 11) is 1.47. The molecule has 0 radical (unpaired) electrons. The summed E-state index contributed by atoms with van der Waals surface area (Å²) < 4.78 is 0. The van der Waals surface area contributed by atoms with Crippen LogP contribution in [0.3, 0.4) is 0 Å². The Morgan fingerprint density at radius 3 is 1.89 bits per heavy atom. The van der Waals surface area contributed by atoms with Gasteiger partial charge in [-0.2, -0.15) is 0 Å². The minimum absolute atomic E-state index is 0.623.